The Morgan fingerprint density at radius 3 is 2.62 bits per heavy atom. The van der Waals surface area contributed by atoms with Crippen molar-refractivity contribution in [1.82, 2.24) is 15.1 Å². The Hall–Kier alpha value is -1.52. The van der Waals surface area contributed by atoms with Gasteiger partial charge in [0.25, 0.3) is 0 Å². The molecule has 0 saturated carbocycles. The lowest BCUT2D eigenvalue weighted by molar-refractivity contribution is -0.120. The van der Waals surface area contributed by atoms with Gasteiger partial charge in [-0.15, -0.1) is 5.12 Å². The van der Waals surface area contributed by atoms with E-state index in [0.29, 0.717) is 12.3 Å². The average molecular weight is 207 g/mol. The first-order chi connectivity index (χ1) is 7.86. The largest absolute Gasteiger partial charge is 0.275 e. The van der Waals surface area contributed by atoms with E-state index in [4.69, 9.17) is 7.85 Å². The summed E-state index contributed by atoms with van der Waals surface area (Å²) in [5.41, 5.74) is 2.12. The molecule has 4 atom stereocenters. The second kappa shape index (κ2) is 2.78. The third kappa shape index (κ3) is 0.957. The van der Waals surface area contributed by atoms with Crippen molar-refractivity contribution in [1.29, 1.82) is 0 Å². The van der Waals surface area contributed by atoms with Crippen LogP contribution in [0.4, 0.5) is 0 Å². The van der Waals surface area contributed by atoms with Gasteiger partial charge in [-0.1, -0.05) is 35.8 Å². The van der Waals surface area contributed by atoms with Crippen LogP contribution in [0.2, 0.25) is 0 Å². The fraction of sp³-hybridized carbons (Fsp3) is 0.167. The van der Waals surface area contributed by atoms with E-state index in [1.54, 1.807) is 0 Å². The van der Waals surface area contributed by atoms with Gasteiger partial charge in [0.05, 0.1) is 0 Å². The molecule has 3 aliphatic rings. The van der Waals surface area contributed by atoms with Crippen LogP contribution in [0.5, 0.6) is 0 Å². The molecule has 0 bridgehead atoms. The highest BCUT2D eigenvalue weighted by atomic mass is 16.1. The summed E-state index contributed by atoms with van der Waals surface area (Å²) in [5.74, 6) is 0. The van der Waals surface area contributed by atoms with Crippen molar-refractivity contribution >= 4 is 13.3 Å². The maximum absolute atomic E-state index is 5.69. The Labute approximate surface area is 95.6 Å². The van der Waals surface area contributed by atoms with Crippen LogP contribution in [0, 0.1) is 0 Å². The standard InChI is InChI=1S/C12H10BN3/c13-10-6-4-9(5-7-10)12-15-11-3-1-2-8-14(11)16(12)15/h1-8,11-12H. The molecule has 4 unspecified atom stereocenters. The smallest absolute Gasteiger partial charge is 0.140 e. The molecule has 2 radical (unpaired) electrons. The Kier molecular flexibility index (Phi) is 1.50. The van der Waals surface area contributed by atoms with E-state index in [9.17, 15) is 0 Å². The van der Waals surface area contributed by atoms with Crippen LogP contribution in [0.15, 0.2) is 48.7 Å². The van der Waals surface area contributed by atoms with E-state index in [2.05, 4.69) is 51.7 Å². The lowest BCUT2D eigenvalue weighted by Crippen LogP contribution is -2.52. The zero-order chi connectivity index (χ0) is 10.7. The Morgan fingerprint density at radius 2 is 1.88 bits per heavy atom. The normalized spacial score (nSPS) is 37.6. The molecule has 4 rings (SSSR count). The van der Waals surface area contributed by atoms with E-state index in [1.807, 2.05) is 12.1 Å². The Morgan fingerprint density at radius 1 is 1.06 bits per heavy atom. The van der Waals surface area contributed by atoms with E-state index < -0.39 is 0 Å². The lowest BCUT2D eigenvalue weighted by Gasteiger charge is -2.39. The van der Waals surface area contributed by atoms with E-state index in [0.717, 1.165) is 5.46 Å². The topological polar surface area (TPSA) is 9.26 Å². The highest BCUT2D eigenvalue weighted by molar-refractivity contribution is 6.32. The van der Waals surface area contributed by atoms with Crippen molar-refractivity contribution in [3.63, 3.8) is 0 Å². The first-order valence-corrected chi connectivity index (χ1v) is 5.42. The highest BCUT2D eigenvalue weighted by Crippen LogP contribution is 2.54. The van der Waals surface area contributed by atoms with Gasteiger partial charge < -0.3 is 0 Å². The minimum Gasteiger partial charge on any atom is -0.275 e. The van der Waals surface area contributed by atoms with Crippen molar-refractivity contribution < 1.29 is 0 Å². The SMILES string of the molecule is [B]c1ccc(C2N3C4C=CC=CN4N23)cc1. The fourth-order valence-corrected chi connectivity index (χ4v) is 2.47. The van der Waals surface area contributed by atoms with Crippen molar-refractivity contribution in [3.05, 3.63) is 54.3 Å². The molecule has 3 heterocycles. The molecule has 0 amide bonds. The Balaban J connectivity index is 1.63. The van der Waals surface area contributed by atoms with Crippen LogP contribution in [0.3, 0.4) is 0 Å². The monoisotopic (exact) mass is 207 g/mol. The molecule has 2 saturated heterocycles. The zero-order valence-electron chi connectivity index (χ0n) is 8.69. The molecule has 1 aromatic carbocycles. The maximum Gasteiger partial charge on any atom is 0.140 e. The van der Waals surface area contributed by atoms with Gasteiger partial charge >= 0.3 is 0 Å². The summed E-state index contributed by atoms with van der Waals surface area (Å²) >= 11 is 0. The summed E-state index contributed by atoms with van der Waals surface area (Å²) < 4.78 is 0. The van der Waals surface area contributed by atoms with Crippen LogP contribution < -0.4 is 5.46 Å². The first-order valence-electron chi connectivity index (χ1n) is 5.42. The highest BCUT2D eigenvalue weighted by Gasteiger charge is 2.64. The second-order valence-electron chi connectivity index (χ2n) is 4.26. The number of nitrogens with zero attached hydrogens (tertiary/aromatic N) is 3. The average Bonchev–Trinajstić information content (AvgIpc) is 2.96. The van der Waals surface area contributed by atoms with E-state index >= 15 is 0 Å². The molecule has 76 valence electrons. The number of benzene rings is 1. The molecule has 2 fully saturated rings. The number of hydrazine groups is 2. The molecule has 0 spiro atoms. The second-order valence-corrected chi connectivity index (χ2v) is 4.26. The summed E-state index contributed by atoms with van der Waals surface area (Å²) in [5, 5.41) is 6.82. The molecule has 0 aromatic heterocycles. The van der Waals surface area contributed by atoms with Crippen molar-refractivity contribution in [2.45, 2.75) is 12.3 Å². The van der Waals surface area contributed by atoms with Crippen LogP contribution >= 0.6 is 0 Å². The van der Waals surface area contributed by atoms with Gasteiger partial charge in [-0.2, -0.15) is 5.01 Å². The summed E-state index contributed by atoms with van der Waals surface area (Å²) in [6.45, 7) is 0. The van der Waals surface area contributed by atoms with Gasteiger partial charge in [0.2, 0.25) is 0 Å². The molecule has 1 aromatic rings. The quantitative estimate of drug-likeness (QED) is 0.494. The minimum absolute atomic E-state index is 0.387. The number of hydrogen-bond donors (Lipinski definition) is 0. The molecule has 4 heteroatoms. The van der Waals surface area contributed by atoms with E-state index in [-0.39, 0.29) is 0 Å². The zero-order valence-corrected chi connectivity index (χ0v) is 8.69. The number of hydrogen-bond acceptors (Lipinski definition) is 3. The van der Waals surface area contributed by atoms with Crippen molar-refractivity contribution in [2.24, 2.45) is 0 Å². The number of fused-ring (bicyclic) bond motifs is 4. The molecule has 3 aliphatic heterocycles. The van der Waals surface area contributed by atoms with Crippen LogP contribution in [-0.4, -0.2) is 29.1 Å². The van der Waals surface area contributed by atoms with Crippen LogP contribution in [-0.2, 0) is 0 Å². The summed E-state index contributed by atoms with van der Waals surface area (Å²) in [4.78, 5) is 0. The van der Waals surface area contributed by atoms with Crippen LogP contribution in [0.1, 0.15) is 11.7 Å². The summed E-state index contributed by atoms with van der Waals surface area (Å²) in [6, 6.07) is 8.11. The maximum atomic E-state index is 5.69. The number of allylic oxidation sites excluding steroid dienone is 2. The predicted octanol–water partition coefficient (Wildman–Crippen LogP) is 0.652. The van der Waals surface area contributed by atoms with Crippen LogP contribution in [0.25, 0.3) is 0 Å². The summed E-state index contributed by atoms with van der Waals surface area (Å²) in [7, 11) is 5.69. The number of rotatable bonds is 1. The molecule has 16 heavy (non-hydrogen) atoms. The minimum atomic E-state index is 0.387. The lowest BCUT2D eigenvalue weighted by atomic mass is 9.95. The predicted molar refractivity (Wildman–Crippen MR) is 62.2 cm³/mol. The molecule has 0 aliphatic carbocycles. The summed E-state index contributed by atoms with van der Waals surface area (Å²) in [6.07, 6.45) is 9.26. The van der Waals surface area contributed by atoms with Gasteiger partial charge in [-0.05, 0) is 17.7 Å². The van der Waals surface area contributed by atoms with E-state index in [1.165, 1.54) is 5.56 Å². The molecule has 0 N–H and O–H groups in total. The molecule has 3 nitrogen and oxygen atoms in total. The first kappa shape index (κ1) is 8.62. The van der Waals surface area contributed by atoms with Gasteiger partial charge in [0, 0.05) is 6.20 Å². The van der Waals surface area contributed by atoms with Gasteiger partial charge in [-0.3, -0.25) is 5.01 Å². The van der Waals surface area contributed by atoms with Gasteiger partial charge in [0.15, 0.2) is 0 Å². The van der Waals surface area contributed by atoms with Crippen molar-refractivity contribution in [3.8, 4) is 0 Å². The molecular formula is C12H10BN3. The fourth-order valence-electron chi connectivity index (χ4n) is 2.47. The van der Waals surface area contributed by atoms with Gasteiger partial charge in [-0.25, -0.2) is 0 Å². The third-order valence-electron chi connectivity index (χ3n) is 3.30. The van der Waals surface area contributed by atoms with Crippen molar-refractivity contribution in [2.75, 3.05) is 0 Å². The molecular weight excluding hydrogens is 197 g/mol. The Bertz CT molecular complexity index is 469. The van der Waals surface area contributed by atoms with Gasteiger partial charge in [0.1, 0.15) is 20.2 Å². The third-order valence-corrected chi connectivity index (χ3v) is 3.30.